The Morgan fingerprint density at radius 1 is 1.75 bits per heavy atom. The van der Waals surface area contributed by atoms with E-state index in [9.17, 15) is 0 Å². The average Bonchev–Trinajstić information content (AvgIpc) is 1.98. The van der Waals surface area contributed by atoms with Gasteiger partial charge in [-0.2, -0.15) is 0 Å². The van der Waals surface area contributed by atoms with Gasteiger partial charge in [0.15, 0.2) is 0 Å². The second-order valence-electron chi connectivity index (χ2n) is 1.51. The molecular formula is C5H4BrClS. The Kier molecular flexibility index (Phi) is 1.96. The van der Waals surface area contributed by atoms with Crippen LogP contribution in [0.25, 0.3) is 0 Å². The molecule has 3 heteroatoms. The molecule has 0 aliphatic rings. The quantitative estimate of drug-likeness (QED) is 0.616. The summed E-state index contributed by atoms with van der Waals surface area (Å²) in [6.45, 7) is 1.99. The minimum atomic E-state index is 0.843. The predicted octanol–water partition coefficient (Wildman–Crippen LogP) is 3.47. The van der Waals surface area contributed by atoms with Crippen molar-refractivity contribution in [3.63, 3.8) is 0 Å². The summed E-state index contributed by atoms with van der Waals surface area (Å²) >= 11 is 10.7. The maximum absolute atomic E-state index is 5.76. The lowest BCUT2D eigenvalue weighted by Gasteiger charge is -1.81. The van der Waals surface area contributed by atoms with Gasteiger partial charge in [0.2, 0.25) is 0 Å². The zero-order valence-corrected chi connectivity index (χ0v) is 7.40. The van der Waals surface area contributed by atoms with E-state index in [4.69, 9.17) is 11.6 Å². The predicted molar refractivity (Wildman–Crippen MR) is 41.8 cm³/mol. The van der Waals surface area contributed by atoms with E-state index in [0.29, 0.717) is 0 Å². The van der Waals surface area contributed by atoms with E-state index < -0.39 is 0 Å². The maximum atomic E-state index is 5.76. The van der Waals surface area contributed by atoms with Crippen LogP contribution in [0.5, 0.6) is 0 Å². The molecule has 0 N–H and O–H groups in total. The molecule has 0 bridgehead atoms. The minimum absolute atomic E-state index is 0.843. The first-order valence-electron chi connectivity index (χ1n) is 2.11. The van der Waals surface area contributed by atoms with Crippen LogP contribution in [-0.4, -0.2) is 0 Å². The van der Waals surface area contributed by atoms with Crippen LogP contribution in [0, 0.1) is 6.92 Å². The third-order valence-electron chi connectivity index (χ3n) is 0.858. The van der Waals surface area contributed by atoms with Crippen LogP contribution in [0.4, 0.5) is 0 Å². The standard InChI is InChI=1S/C5H4BrClS/c1-3-2-8-5(6)4(3)7/h2H,1H3. The number of halogens is 2. The molecule has 0 aromatic carbocycles. The van der Waals surface area contributed by atoms with Gasteiger partial charge in [-0.25, -0.2) is 0 Å². The second-order valence-corrected chi connectivity index (χ2v) is 4.08. The van der Waals surface area contributed by atoms with E-state index in [2.05, 4.69) is 15.9 Å². The summed E-state index contributed by atoms with van der Waals surface area (Å²) in [6, 6.07) is 0. The monoisotopic (exact) mass is 210 g/mol. The summed E-state index contributed by atoms with van der Waals surface area (Å²) in [7, 11) is 0. The highest BCUT2D eigenvalue weighted by molar-refractivity contribution is 9.11. The molecule has 8 heavy (non-hydrogen) atoms. The van der Waals surface area contributed by atoms with Crippen LogP contribution in [0.2, 0.25) is 5.02 Å². The summed E-state index contributed by atoms with van der Waals surface area (Å²) in [5.74, 6) is 0. The maximum Gasteiger partial charge on any atom is 0.0887 e. The topological polar surface area (TPSA) is 0 Å². The fraction of sp³-hybridized carbons (Fsp3) is 0.200. The summed E-state index contributed by atoms with van der Waals surface area (Å²) in [4.78, 5) is 0. The average molecular weight is 212 g/mol. The molecule has 0 saturated carbocycles. The summed E-state index contributed by atoms with van der Waals surface area (Å²) in [6.07, 6.45) is 0. The highest BCUT2D eigenvalue weighted by Crippen LogP contribution is 2.31. The summed E-state index contributed by atoms with van der Waals surface area (Å²) < 4.78 is 1.02. The molecule has 1 aromatic heterocycles. The van der Waals surface area contributed by atoms with Crippen LogP contribution in [-0.2, 0) is 0 Å². The molecule has 0 nitrogen and oxygen atoms in total. The van der Waals surface area contributed by atoms with Crippen molar-refractivity contribution < 1.29 is 0 Å². The molecule has 0 aliphatic carbocycles. The van der Waals surface area contributed by atoms with Gasteiger partial charge in [0, 0.05) is 0 Å². The largest absolute Gasteiger partial charge is 0.135 e. The van der Waals surface area contributed by atoms with E-state index in [-0.39, 0.29) is 0 Å². The first kappa shape index (κ1) is 6.59. The molecule has 44 valence electrons. The number of thiophene rings is 1. The third kappa shape index (κ3) is 1.07. The first-order valence-corrected chi connectivity index (χ1v) is 4.16. The van der Waals surface area contributed by atoms with Gasteiger partial charge in [0.25, 0.3) is 0 Å². The second kappa shape index (κ2) is 2.38. The van der Waals surface area contributed by atoms with Crippen LogP contribution < -0.4 is 0 Å². The fourth-order valence-corrected chi connectivity index (χ4v) is 1.91. The van der Waals surface area contributed by atoms with Gasteiger partial charge in [0.05, 0.1) is 8.81 Å². The fourth-order valence-electron chi connectivity index (χ4n) is 0.399. The Labute approximate surface area is 65.6 Å². The summed E-state index contributed by atoms with van der Waals surface area (Å²) in [5, 5.41) is 2.86. The number of rotatable bonds is 0. The van der Waals surface area contributed by atoms with E-state index >= 15 is 0 Å². The van der Waals surface area contributed by atoms with Crippen molar-refractivity contribution in [3.05, 3.63) is 19.8 Å². The van der Waals surface area contributed by atoms with E-state index in [1.807, 2.05) is 12.3 Å². The Morgan fingerprint density at radius 2 is 2.38 bits per heavy atom. The molecule has 0 fully saturated rings. The molecule has 0 atom stereocenters. The molecule has 0 unspecified atom stereocenters. The normalized spacial score (nSPS) is 9.88. The molecule has 0 radical (unpaired) electrons. The molecule has 0 amide bonds. The Morgan fingerprint density at radius 3 is 2.50 bits per heavy atom. The van der Waals surface area contributed by atoms with Gasteiger partial charge in [-0.3, -0.25) is 0 Å². The van der Waals surface area contributed by atoms with Gasteiger partial charge in [-0.1, -0.05) is 11.6 Å². The van der Waals surface area contributed by atoms with Crippen molar-refractivity contribution in [2.24, 2.45) is 0 Å². The summed E-state index contributed by atoms with van der Waals surface area (Å²) in [5.41, 5.74) is 1.14. The van der Waals surface area contributed by atoms with E-state index in [1.54, 1.807) is 11.3 Å². The van der Waals surface area contributed by atoms with E-state index in [0.717, 1.165) is 14.4 Å². The molecule has 0 saturated heterocycles. The van der Waals surface area contributed by atoms with Crippen molar-refractivity contribution in [2.75, 3.05) is 0 Å². The molecule has 0 aliphatic heterocycles. The lowest BCUT2D eigenvalue weighted by Crippen LogP contribution is -1.58. The van der Waals surface area contributed by atoms with Crippen molar-refractivity contribution in [1.82, 2.24) is 0 Å². The zero-order valence-electron chi connectivity index (χ0n) is 4.24. The van der Waals surface area contributed by atoms with Crippen molar-refractivity contribution in [1.29, 1.82) is 0 Å². The van der Waals surface area contributed by atoms with Gasteiger partial charge < -0.3 is 0 Å². The van der Waals surface area contributed by atoms with E-state index in [1.165, 1.54) is 0 Å². The number of hydrogen-bond acceptors (Lipinski definition) is 1. The van der Waals surface area contributed by atoms with Crippen molar-refractivity contribution in [2.45, 2.75) is 6.92 Å². The lowest BCUT2D eigenvalue weighted by atomic mass is 10.4. The Hall–Kier alpha value is 0.470. The van der Waals surface area contributed by atoms with Gasteiger partial charge >= 0.3 is 0 Å². The lowest BCUT2D eigenvalue weighted by molar-refractivity contribution is 1.55. The third-order valence-corrected chi connectivity index (χ3v) is 3.53. The van der Waals surface area contributed by atoms with Gasteiger partial charge in [-0.15, -0.1) is 11.3 Å². The Balaban J connectivity index is 3.19. The molecule has 1 heterocycles. The first-order chi connectivity index (χ1) is 3.72. The smallest absolute Gasteiger partial charge is 0.0887 e. The van der Waals surface area contributed by atoms with Crippen molar-refractivity contribution in [3.8, 4) is 0 Å². The van der Waals surface area contributed by atoms with Crippen LogP contribution in [0.3, 0.4) is 0 Å². The number of aryl methyl sites for hydroxylation is 1. The van der Waals surface area contributed by atoms with Crippen molar-refractivity contribution >= 4 is 38.9 Å². The molecule has 1 rings (SSSR count). The van der Waals surface area contributed by atoms with Crippen LogP contribution in [0.1, 0.15) is 5.56 Å². The van der Waals surface area contributed by atoms with Crippen LogP contribution in [0.15, 0.2) is 9.17 Å². The Bertz CT molecular complexity index is 175. The molecule has 1 aromatic rings. The highest BCUT2D eigenvalue weighted by Gasteiger charge is 2.00. The minimum Gasteiger partial charge on any atom is -0.135 e. The zero-order chi connectivity index (χ0) is 6.15. The van der Waals surface area contributed by atoms with Gasteiger partial charge in [-0.05, 0) is 33.8 Å². The van der Waals surface area contributed by atoms with Crippen LogP contribution >= 0.6 is 38.9 Å². The SMILES string of the molecule is Cc1csc(Br)c1Cl. The molecule has 0 spiro atoms. The highest BCUT2D eigenvalue weighted by atomic mass is 79.9. The number of hydrogen-bond donors (Lipinski definition) is 0. The van der Waals surface area contributed by atoms with Gasteiger partial charge in [0.1, 0.15) is 0 Å². The molecular weight excluding hydrogens is 207 g/mol.